The van der Waals surface area contributed by atoms with Crippen LogP contribution in [0.3, 0.4) is 0 Å². The van der Waals surface area contributed by atoms with Crippen LogP contribution in [0.25, 0.3) is 11.3 Å². The van der Waals surface area contributed by atoms with Crippen LogP contribution in [0.15, 0.2) is 59.7 Å². The van der Waals surface area contributed by atoms with Crippen molar-refractivity contribution < 1.29 is 8.78 Å². The van der Waals surface area contributed by atoms with Gasteiger partial charge in [-0.15, -0.1) is 0 Å². The van der Waals surface area contributed by atoms with Gasteiger partial charge < -0.3 is 0 Å². The highest BCUT2D eigenvalue weighted by molar-refractivity contribution is 5.56. The summed E-state index contributed by atoms with van der Waals surface area (Å²) in [6.07, 6.45) is 3.42. The largest absolute Gasteiger partial charge is 0.299 e. The Bertz CT molecular complexity index is 1050. The minimum atomic E-state index is -0.420. The fraction of sp³-hybridized carbons (Fsp3) is 0.318. The van der Waals surface area contributed by atoms with Gasteiger partial charge in [-0.2, -0.15) is 5.10 Å². The van der Waals surface area contributed by atoms with Gasteiger partial charge in [-0.3, -0.25) is 19.6 Å². The van der Waals surface area contributed by atoms with Gasteiger partial charge in [-0.1, -0.05) is 0 Å². The van der Waals surface area contributed by atoms with Crippen molar-refractivity contribution in [1.29, 1.82) is 0 Å². The third-order valence-electron chi connectivity index (χ3n) is 5.32. The van der Waals surface area contributed by atoms with Crippen molar-refractivity contribution in [3.05, 3.63) is 82.4 Å². The minimum Gasteiger partial charge on any atom is -0.299 e. The van der Waals surface area contributed by atoms with Crippen molar-refractivity contribution in [2.75, 3.05) is 32.7 Å². The van der Waals surface area contributed by atoms with E-state index in [1.54, 1.807) is 18.5 Å². The Labute approximate surface area is 173 Å². The van der Waals surface area contributed by atoms with E-state index in [0.717, 1.165) is 37.8 Å². The molecule has 0 unspecified atom stereocenters. The van der Waals surface area contributed by atoms with Crippen LogP contribution >= 0.6 is 0 Å². The van der Waals surface area contributed by atoms with E-state index in [0.29, 0.717) is 30.9 Å². The lowest BCUT2D eigenvalue weighted by Crippen LogP contribution is -2.47. The maximum absolute atomic E-state index is 13.9. The summed E-state index contributed by atoms with van der Waals surface area (Å²) in [6.45, 7) is 4.70. The van der Waals surface area contributed by atoms with E-state index in [9.17, 15) is 13.6 Å². The van der Waals surface area contributed by atoms with E-state index >= 15 is 0 Å². The van der Waals surface area contributed by atoms with Crippen LogP contribution in [-0.4, -0.2) is 57.3 Å². The number of benzene rings is 1. The molecule has 3 aromatic rings. The Balaban J connectivity index is 1.32. The molecule has 0 radical (unpaired) electrons. The molecule has 6 nitrogen and oxygen atoms in total. The molecule has 2 aromatic heterocycles. The average molecular weight is 411 g/mol. The molecule has 0 spiro atoms. The number of hydrogen-bond donors (Lipinski definition) is 0. The van der Waals surface area contributed by atoms with Crippen molar-refractivity contribution in [2.45, 2.75) is 13.1 Å². The topological polar surface area (TPSA) is 54.3 Å². The Hall–Kier alpha value is -2.97. The third-order valence-corrected chi connectivity index (χ3v) is 5.32. The summed E-state index contributed by atoms with van der Waals surface area (Å²) in [7, 11) is 0. The number of aromatic nitrogens is 3. The van der Waals surface area contributed by atoms with Crippen molar-refractivity contribution in [2.24, 2.45) is 0 Å². The molecule has 156 valence electrons. The van der Waals surface area contributed by atoms with Crippen LogP contribution in [0.5, 0.6) is 0 Å². The highest BCUT2D eigenvalue weighted by Gasteiger charge is 2.18. The van der Waals surface area contributed by atoms with E-state index in [1.165, 1.54) is 22.9 Å². The smallest absolute Gasteiger partial charge is 0.266 e. The predicted octanol–water partition coefficient (Wildman–Crippen LogP) is 2.40. The van der Waals surface area contributed by atoms with E-state index in [1.807, 2.05) is 12.1 Å². The van der Waals surface area contributed by atoms with Gasteiger partial charge in [0.05, 0.1) is 12.2 Å². The van der Waals surface area contributed by atoms with Gasteiger partial charge in [-0.25, -0.2) is 13.5 Å². The molecule has 0 N–H and O–H groups in total. The molecular formula is C22H23F2N5O. The van der Waals surface area contributed by atoms with Gasteiger partial charge >= 0.3 is 0 Å². The second-order valence-corrected chi connectivity index (χ2v) is 7.38. The maximum atomic E-state index is 13.9. The Morgan fingerprint density at radius 2 is 1.73 bits per heavy atom. The number of rotatable bonds is 6. The van der Waals surface area contributed by atoms with Gasteiger partial charge in [0.25, 0.3) is 5.56 Å². The molecule has 0 amide bonds. The quantitative estimate of drug-likeness (QED) is 0.624. The summed E-state index contributed by atoms with van der Waals surface area (Å²) in [5.74, 6) is -0.797. The maximum Gasteiger partial charge on any atom is 0.266 e. The minimum absolute atomic E-state index is 0.136. The molecule has 3 heterocycles. The molecule has 1 aromatic carbocycles. The number of halogens is 2. The molecule has 8 heteroatoms. The number of nitrogens with zero attached hydrogens (tertiary/aromatic N) is 5. The van der Waals surface area contributed by atoms with Crippen molar-refractivity contribution >= 4 is 0 Å². The lowest BCUT2D eigenvalue weighted by Gasteiger charge is -2.34. The molecule has 1 aliphatic rings. The lowest BCUT2D eigenvalue weighted by atomic mass is 10.1. The molecule has 1 aliphatic heterocycles. The Morgan fingerprint density at radius 3 is 2.50 bits per heavy atom. The number of hydrogen-bond acceptors (Lipinski definition) is 5. The highest BCUT2D eigenvalue weighted by Crippen LogP contribution is 2.15. The summed E-state index contributed by atoms with van der Waals surface area (Å²) in [5.41, 5.74) is 1.82. The Morgan fingerprint density at radius 1 is 0.933 bits per heavy atom. The van der Waals surface area contributed by atoms with Crippen LogP contribution in [0, 0.1) is 11.6 Å². The molecule has 0 atom stereocenters. The molecule has 0 bridgehead atoms. The van der Waals surface area contributed by atoms with Crippen LogP contribution in [-0.2, 0) is 13.1 Å². The average Bonchev–Trinajstić information content (AvgIpc) is 2.77. The number of pyridine rings is 1. The van der Waals surface area contributed by atoms with Crippen LogP contribution in [0.2, 0.25) is 0 Å². The summed E-state index contributed by atoms with van der Waals surface area (Å²) in [5, 5.41) is 4.47. The standard InChI is InChI=1S/C22H23F2N5O/c23-19-3-4-20(24)18(14-19)16-28-10-8-27(9-11-28)12-13-29-22(30)6-5-21(26-29)17-2-1-7-25-15-17/h1-7,14-15H,8-13,16H2. The molecule has 1 fully saturated rings. The molecule has 4 rings (SSSR count). The molecule has 30 heavy (non-hydrogen) atoms. The molecule has 0 saturated carbocycles. The van der Waals surface area contributed by atoms with E-state index in [4.69, 9.17) is 0 Å². The fourth-order valence-corrected chi connectivity index (χ4v) is 3.59. The normalized spacial score (nSPS) is 15.4. The summed E-state index contributed by atoms with van der Waals surface area (Å²) < 4.78 is 28.7. The zero-order valence-electron chi connectivity index (χ0n) is 16.5. The van der Waals surface area contributed by atoms with Crippen molar-refractivity contribution in [3.63, 3.8) is 0 Å². The van der Waals surface area contributed by atoms with E-state index < -0.39 is 5.82 Å². The zero-order valence-corrected chi connectivity index (χ0v) is 16.5. The summed E-state index contributed by atoms with van der Waals surface area (Å²) >= 11 is 0. The summed E-state index contributed by atoms with van der Waals surface area (Å²) in [4.78, 5) is 20.6. The zero-order chi connectivity index (χ0) is 20.9. The van der Waals surface area contributed by atoms with Gasteiger partial charge in [0.15, 0.2) is 0 Å². The van der Waals surface area contributed by atoms with E-state index in [2.05, 4.69) is 19.9 Å². The van der Waals surface area contributed by atoms with Crippen LogP contribution in [0.4, 0.5) is 8.78 Å². The predicted molar refractivity (Wildman–Crippen MR) is 110 cm³/mol. The molecule has 0 aliphatic carbocycles. The van der Waals surface area contributed by atoms with Gasteiger partial charge in [-0.05, 0) is 36.4 Å². The first-order valence-corrected chi connectivity index (χ1v) is 9.96. The highest BCUT2D eigenvalue weighted by atomic mass is 19.1. The first-order valence-electron chi connectivity index (χ1n) is 9.96. The Kier molecular flexibility index (Phi) is 6.25. The van der Waals surface area contributed by atoms with E-state index in [-0.39, 0.29) is 11.4 Å². The second-order valence-electron chi connectivity index (χ2n) is 7.38. The first-order chi connectivity index (χ1) is 14.6. The van der Waals surface area contributed by atoms with Crippen molar-refractivity contribution in [1.82, 2.24) is 24.6 Å². The lowest BCUT2D eigenvalue weighted by molar-refractivity contribution is 0.121. The first kappa shape index (κ1) is 20.3. The van der Waals surface area contributed by atoms with Crippen LogP contribution in [0.1, 0.15) is 5.56 Å². The molecular weight excluding hydrogens is 388 g/mol. The number of piperazine rings is 1. The summed E-state index contributed by atoms with van der Waals surface area (Å²) in [6, 6.07) is 10.5. The van der Waals surface area contributed by atoms with Gasteiger partial charge in [0, 0.05) is 68.9 Å². The monoisotopic (exact) mass is 411 g/mol. The van der Waals surface area contributed by atoms with Gasteiger partial charge in [0.1, 0.15) is 11.6 Å². The third kappa shape index (κ3) is 4.95. The molecule has 1 saturated heterocycles. The second kappa shape index (κ2) is 9.23. The van der Waals surface area contributed by atoms with Crippen LogP contribution < -0.4 is 5.56 Å². The van der Waals surface area contributed by atoms with Crippen molar-refractivity contribution in [3.8, 4) is 11.3 Å². The fourth-order valence-electron chi connectivity index (χ4n) is 3.59. The SMILES string of the molecule is O=c1ccc(-c2cccnc2)nn1CCN1CCN(Cc2cc(F)ccc2F)CC1. The van der Waals surface area contributed by atoms with Gasteiger partial charge in [0.2, 0.25) is 0 Å².